The van der Waals surface area contributed by atoms with Crippen molar-refractivity contribution in [1.82, 2.24) is 10.2 Å². The summed E-state index contributed by atoms with van der Waals surface area (Å²) >= 11 is 0. The Morgan fingerprint density at radius 3 is 2.47 bits per heavy atom. The molecule has 36 heavy (non-hydrogen) atoms. The van der Waals surface area contributed by atoms with Crippen LogP contribution in [-0.4, -0.2) is 40.6 Å². The molecule has 0 radical (unpaired) electrons. The molecular weight excluding hydrogens is 459 g/mol. The minimum Gasteiger partial charge on any atom is -0.444 e. The smallest absolute Gasteiger partial charge is 0.411 e. The average Bonchev–Trinajstić information content (AvgIpc) is 3.45. The highest BCUT2D eigenvalue weighted by molar-refractivity contribution is 5.87. The number of rotatable bonds is 5. The van der Waals surface area contributed by atoms with Crippen LogP contribution in [-0.2, 0) is 16.0 Å². The molecule has 2 aliphatic rings. The lowest BCUT2D eigenvalue weighted by atomic mass is 9.97. The van der Waals surface area contributed by atoms with Gasteiger partial charge < -0.3 is 10.1 Å². The Labute approximate surface area is 210 Å². The van der Waals surface area contributed by atoms with E-state index < -0.39 is 29.6 Å². The quantitative estimate of drug-likeness (QED) is 0.656. The van der Waals surface area contributed by atoms with Crippen LogP contribution in [0.4, 0.5) is 9.18 Å². The second kappa shape index (κ2) is 9.99. The van der Waals surface area contributed by atoms with Gasteiger partial charge in [0.2, 0.25) is 5.91 Å². The van der Waals surface area contributed by atoms with Crippen molar-refractivity contribution >= 4 is 12.0 Å². The van der Waals surface area contributed by atoms with Crippen molar-refractivity contribution in [3.8, 4) is 23.3 Å². The van der Waals surface area contributed by atoms with Crippen molar-refractivity contribution in [2.45, 2.75) is 70.2 Å². The largest absolute Gasteiger partial charge is 0.444 e. The van der Waals surface area contributed by atoms with E-state index in [-0.39, 0.29) is 23.4 Å². The SMILES string of the molecule is CC(C)(C)OC(=O)N1C(C(=O)N[C@H](C#N)Cc2ccc(-c3ccc(F)c(C#N)c3)cc2)[C@H]2CC[C@@H]1C2. The first-order chi connectivity index (χ1) is 17.1. The van der Waals surface area contributed by atoms with Crippen LogP contribution in [0, 0.1) is 34.4 Å². The number of carbonyl (C=O) groups is 2. The van der Waals surface area contributed by atoms with E-state index in [2.05, 4.69) is 11.4 Å². The van der Waals surface area contributed by atoms with Crippen LogP contribution >= 0.6 is 0 Å². The lowest BCUT2D eigenvalue weighted by Crippen LogP contribution is -2.55. The Balaban J connectivity index is 1.43. The van der Waals surface area contributed by atoms with Crippen LogP contribution in [0.5, 0.6) is 0 Å². The summed E-state index contributed by atoms with van der Waals surface area (Å²) in [5.74, 6) is -0.826. The minimum absolute atomic E-state index is 0.0123. The molecule has 8 heteroatoms. The fourth-order valence-electron chi connectivity index (χ4n) is 5.15. The van der Waals surface area contributed by atoms with Gasteiger partial charge in [0, 0.05) is 12.5 Å². The lowest BCUT2D eigenvalue weighted by Gasteiger charge is -2.35. The first-order valence-electron chi connectivity index (χ1n) is 12.1. The van der Waals surface area contributed by atoms with Crippen LogP contribution in [0.2, 0.25) is 0 Å². The number of hydrogen-bond donors (Lipinski definition) is 1. The van der Waals surface area contributed by atoms with Crippen molar-refractivity contribution in [3.63, 3.8) is 0 Å². The molecule has 1 heterocycles. The minimum atomic E-state index is -0.765. The number of nitriles is 2. The third-order valence-corrected chi connectivity index (χ3v) is 6.74. The molecule has 1 aliphatic carbocycles. The number of amides is 2. The lowest BCUT2D eigenvalue weighted by molar-refractivity contribution is -0.128. The topological polar surface area (TPSA) is 106 Å². The number of nitrogens with zero attached hydrogens (tertiary/aromatic N) is 3. The molecule has 2 aromatic rings. The molecule has 1 N–H and O–H groups in total. The monoisotopic (exact) mass is 488 g/mol. The maximum atomic E-state index is 13.6. The van der Waals surface area contributed by atoms with E-state index in [1.807, 2.05) is 30.3 Å². The molecule has 2 fully saturated rings. The second-order valence-corrected chi connectivity index (χ2v) is 10.5. The number of benzene rings is 2. The predicted molar refractivity (Wildman–Crippen MR) is 131 cm³/mol. The molecule has 2 amide bonds. The number of fused-ring (bicyclic) bond motifs is 2. The van der Waals surface area contributed by atoms with Gasteiger partial charge in [0.25, 0.3) is 0 Å². The highest BCUT2D eigenvalue weighted by atomic mass is 19.1. The molecule has 1 aliphatic heterocycles. The molecule has 1 saturated carbocycles. The van der Waals surface area contributed by atoms with E-state index >= 15 is 0 Å². The average molecular weight is 489 g/mol. The number of carbonyl (C=O) groups excluding carboxylic acids is 2. The van der Waals surface area contributed by atoms with Gasteiger partial charge in [-0.3, -0.25) is 9.69 Å². The van der Waals surface area contributed by atoms with Gasteiger partial charge in [-0.25, -0.2) is 9.18 Å². The van der Waals surface area contributed by atoms with Crippen LogP contribution in [0.15, 0.2) is 42.5 Å². The molecule has 1 saturated heterocycles. The van der Waals surface area contributed by atoms with E-state index in [4.69, 9.17) is 10.00 Å². The molecular formula is C28H29FN4O3. The summed E-state index contributed by atoms with van der Waals surface area (Å²) in [6.07, 6.45) is 2.30. The third-order valence-electron chi connectivity index (χ3n) is 6.74. The zero-order valence-corrected chi connectivity index (χ0v) is 20.6. The van der Waals surface area contributed by atoms with Gasteiger partial charge in [0.15, 0.2) is 0 Å². The Hall–Kier alpha value is -3.91. The van der Waals surface area contributed by atoms with Crippen molar-refractivity contribution in [2.24, 2.45) is 5.92 Å². The molecule has 186 valence electrons. The van der Waals surface area contributed by atoms with Gasteiger partial charge in [0.05, 0.1) is 11.6 Å². The van der Waals surface area contributed by atoms with Gasteiger partial charge in [-0.05, 0) is 74.8 Å². The zero-order chi connectivity index (χ0) is 26.0. The summed E-state index contributed by atoms with van der Waals surface area (Å²) in [4.78, 5) is 27.6. The van der Waals surface area contributed by atoms with Crippen molar-refractivity contribution in [1.29, 1.82) is 10.5 Å². The van der Waals surface area contributed by atoms with E-state index in [9.17, 15) is 19.2 Å². The van der Waals surface area contributed by atoms with Crippen molar-refractivity contribution in [3.05, 3.63) is 59.4 Å². The molecule has 4 atom stereocenters. The van der Waals surface area contributed by atoms with E-state index in [0.717, 1.165) is 30.4 Å². The molecule has 4 rings (SSSR count). The number of nitrogens with one attached hydrogen (secondary N) is 1. The van der Waals surface area contributed by atoms with Gasteiger partial charge in [-0.1, -0.05) is 30.3 Å². The van der Waals surface area contributed by atoms with Crippen molar-refractivity contribution < 1.29 is 18.7 Å². The predicted octanol–water partition coefficient (Wildman–Crippen LogP) is 4.70. The fraction of sp³-hybridized carbons (Fsp3) is 0.429. The highest BCUT2D eigenvalue weighted by Gasteiger charge is 2.52. The number of halogens is 1. The normalized spacial score (nSPS) is 21.4. The molecule has 1 unspecified atom stereocenters. The first kappa shape index (κ1) is 25.2. The number of piperidine rings is 1. The van der Waals surface area contributed by atoms with Crippen LogP contribution in [0.1, 0.15) is 51.2 Å². The maximum absolute atomic E-state index is 13.6. The first-order valence-corrected chi connectivity index (χ1v) is 12.1. The molecule has 2 aromatic carbocycles. The maximum Gasteiger partial charge on any atom is 0.411 e. The van der Waals surface area contributed by atoms with E-state index in [1.165, 1.54) is 12.1 Å². The van der Waals surface area contributed by atoms with Crippen molar-refractivity contribution in [2.75, 3.05) is 0 Å². The Morgan fingerprint density at radius 2 is 1.83 bits per heavy atom. The Kier molecular flexibility index (Phi) is 6.99. The summed E-state index contributed by atoms with van der Waals surface area (Å²) < 4.78 is 19.2. The fourth-order valence-corrected chi connectivity index (χ4v) is 5.15. The van der Waals surface area contributed by atoms with Gasteiger partial charge >= 0.3 is 6.09 Å². The Bertz CT molecular complexity index is 1240. The van der Waals surface area contributed by atoms with Gasteiger partial charge in [0.1, 0.15) is 29.6 Å². The highest BCUT2D eigenvalue weighted by Crippen LogP contribution is 2.43. The Morgan fingerprint density at radius 1 is 1.14 bits per heavy atom. The van der Waals surface area contributed by atoms with Crippen LogP contribution in [0.25, 0.3) is 11.1 Å². The number of likely N-dealkylation sites (tertiary alicyclic amines) is 1. The standard InChI is InChI=1S/C28H29FN4O3/c1-28(2,3)36-27(35)33-23-10-8-20(14-23)25(33)26(34)32-22(16-31)12-17-4-6-18(7-5-17)19-9-11-24(29)21(13-19)15-30/h4-7,9,11,13,20,22-23,25H,8,10,12,14H2,1-3H3,(H,32,34)/t20-,22-,23+,25?/m0/s1. The summed E-state index contributed by atoms with van der Waals surface area (Å²) in [7, 11) is 0. The zero-order valence-electron chi connectivity index (χ0n) is 20.6. The molecule has 0 aromatic heterocycles. The second-order valence-electron chi connectivity index (χ2n) is 10.5. The summed E-state index contributed by atoms with van der Waals surface area (Å²) in [5.41, 5.74) is 1.67. The summed E-state index contributed by atoms with van der Waals surface area (Å²) in [6, 6.07) is 14.3. The van der Waals surface area contributed by atoms with Crippen LogP contribution < -0.4 is 5.32 Å². The molecule has 0 spiro atoms. The number of ether oxygens (including phenoxy) is 1. The third kappa shape index (κ3) is 5.33. The summed E-state index contributed by atoms with van der Waals surface area (Å²) in [6.45, 7) is 5.39. The number of hydrogen-bond acceptors (Lipinski definition) is 5. The van der Waals surface area contributed by atoms with Crippen LogP contribution in [0.3, 0.4) is 0 Å². The molecule has 2 bridgehead atoms. The molecule has 7 nitrogen and oxygen atoms in total. The summed E-state index contributed by atoms with van der Waals surface area (Å²) in [5, 5.41) is 21.6. The van der Waals surface area contributed by atoms with E-state index in [0.29, 0.717) is 12.0 Å². The van der Waals surface area contributed by atoms with Gasteiger partial charge in [-0.15, -0.1) is 0 Å². The van der Waals surface area contributed by atoms with E-state index in [1.54, 1.807) is 31.7 Å². The van der Waals surface area contributed by atoms with Gasteiger partial charge in [-0.2, -0.15) is 10.5 Å².